The van der Waals surface area contributed by atoms with Gasteiger partial charge in [-0.05, 0) is 52.5 Å². The van der Waals surface area contributed by atoms with E-state index >= 15 is 0 Å². The van der Waals surface area contributed by atoms with Crippen molar-refractivity contribution in [3.05, 3.63) is 64.7 Å². The van der Waals surface area contributed by atoms with Crippen LogP contribution in [0.5, 0.6) is 11.5 Å². The normalized spacial score (nSPS) is 17.8. The van der Waals surface area contributed by atoms with Gasteiger partial charge in [0.1, 0.15) is 23.8 Å². The molecule has 33 heavy (non-hydrogen) atoms. The van der Waals surface area contributed by atoms with Crippen molar-refractivity contribution in [1.29, 1.82) is 0 Å². The van der Waals surface area contributed by atoms with E-state index < -0.39 is 0 Å². The molecule has 0 aliphatic carbocycles. The maximum Gasteiger partial charge on any atom is 0.272 e. The zero-order valence-electron chi connectivity index (χ0n) is 18.5. The molecule has 0 N–H and O–H groups in total. The summed E-state index contributed by atoms with van der Waals surface area (Å²) < 4.78 is 19.8. The summed E-state index contributed by atoms with van der Waals surface area (Å²) in [6.45, 7) is 3.23. The van der Waals surface area contributed by atoms with Gasteiger partial charge in [-0.1, -0.05) is 12.1 Å². The van der Waals surface area contributed by atoms with Crippen LogP contribution in [0, 0.1) is 0 Å². The summed E-state index contributed by atoms with van der Waals surface area (Å²) in [4.78, 5) is 19.5. The van der Waals surface area contributed by atoms with Crippen LogP contribution < -0.4 is 9.47 Å². The first-order chi connectivity index (χ1) is 16.1. The number of hydrogen-bond acceptors (Lipinski definition) is 5. The minimum Gasteiger partial charge on any atom is -0.497 e. The molecule has 3 aromatic rings. The van der Waals surface area contributed by atoms with E-state index in [1.165, 1.54) is 0 Å². The average molecular weight is 512 g/mol. The first-order valence-corrected chi connectivity index (χ1v) is 11.9. The van der Waals surface area contributed by atoms with E-state index in [1.54, 1.807) is 19.5 Å². The number of hydrogen-bond donors (Lipinski definition) is 0. The van der Waals surface area contributed by atoms with Crippen molar-refractivity contribution >= 4 is 21.8 Å². The maximum atomic E-state index is 13.4. The third kappa shape index (κ3) is 4.50. The molecule has 2 aromatic heterocycles. The summed E-state index contributed by atoms with van der Waals surface area (Å²) in [5.41, 5.74) is 3.56. The van der Waals surface area contributed by atoms with Crippen LogP contribution in [0.2, 0.25) is 0 Å². The topological polar surface area (TPSA) is 65.8 Å². The zero-order valence-corrected chi connectivity index (χ0v) is 20.1. The van der Waals surface area contributed by atoms with E-state index in [0.29, 0.717) is 31.1 Å². The number of aromatic nitrogens is 2. The molecule has 4 heterocycles. The Hall–Kier alpha value is -2.84. The molecule has 2 aliphatic rings. The zero-order chi connectivity index (χ0) is 22.8. The molecule has 1 saturated heterocycles. The van der Waals surface area contributed by atoms with Gasteiger partial charge < -0.3 is 23.7 Å². The highest BCUT2D eigenvalue weighted by Gasteiger charge is 2.30. The fourth-order valence-electron chi connectivity index (χ4n) is 4.37. The predicted molar refractivity (Wildman–Crippen MR) is 128 cm³/mol. The van der Waals surface area contributed by atoms with Crippen molar-refractivity contribution in [3.63, 3.8) is 0 Å². The summed E-state index contributed by atoms with van der Waals surface area (Å²) in [7, 11) is 1.65. The van der Waals surface area contributed by atoms with Gasteiger partial charge in [0, 0.05) is 49.8 Å². The molecule has 8 heteroatoms. The Morgan fingerprint density at radius 1 is 1.18 bits per heavy atom. The van der Waals surface area contributed by atoms with Crippen molar-refractivity contribution in [2.75, 3.05) is 26.9 Å². The smallest absolute Gasteiger partial charge is 0.272 e. The first-order valence-electron chi connectivity index (χ1n) is 11.1. The molecule has 1 amide bonds. The molecular formula is C25H26BrN3O4. The summed E-state index contributed by atoms with van der Waals surface area (Å²) >= 11 is 3.71. The number of benzene rings is 1. The van der Waals surface area contributed by atoms with Gasteiger partial charge in [-0.25, -0.2) is 0 Å². The quantitative estimate of drug-likeness (QED) is 0.466. The van der Waals surface area contributed by atoms with E-state index in [1.807, 2.05) is 46.0 Å². The van der Waals surface area contributed by atoms with Gasteiger partial charge in [0.25, 0.3) is 5.91 Å². The fraction of sp³-hybridized carbons (Fsp3) is 0.360. The lowest BCUT2D eigenvalue weighted by atomic mass is 10.1. The van der Waals surface area contributed by atoms with Crippen LogP contribution in [0.3, 0.4) is 0 Å². The minimum atomic E-state index is 0.00562. The Kier molecular flexibility index (Phi) is 6.37. The molecule has 2 aliphatic heterocycles. The lowest BCUT2D eigenvalue weighted by Crippen LogP contribution is -2.39. The number of methoxy groups -OCH3 is 1. The molecule has 7 nitrogen and oxygen atoms in total. The van der Waals surface area contributed by atoms with Gasteiger partial charge in [0.15, 0.2) is 0 Å². The van der Waals surface area contributed by atoms with Crippen LogP contribution in [-0.4, -0.2) is 53.3 Å². The first kappa shape index (κ1) is 22.0. The van der Waals surface area contributed by atoms with Crippen LogP contribution in [0.25, 0.3) is 11.1 Å². The second kappa shape index (κ2) is 9.57. The third-order valence-electron chi connectivity index (χ3n) is 6.17. The lowest BCUT2D eigenvalue weighted by Gasteiger charge is -2.28. The van der Waals surface area contributed by atoms with E-state index in [0.717, 1.165) is 52.9 Å². The average Bonchev–Trinajstić information content (AvgIpc) is 3.48. The van der Waals surface area contributed by atoms with E-state index in [2.05, 4.69) is 20.9 Å². The van der Waals surface area contributed by atoms with Crippen molar-refractivity contribution < 1.29 is 19.0 Å². The number of carbonyl (C=O) groups excluding carboxylic acids is 1. The van der Waals surface area contributed by atoms with E-state index in [4.69, 9.17) is 14.2 Å². The van der Waals surface area contributed by atoms with Gasteiger partial charge in [-0.2, -0.15) is 0 Å². The largest absolute Gasteiger partial charge is 0.497 e. The Balaban J connectivity index is 1.38. The molecule has 1 aromatic carbocycles. The van der Waals surface area contributed by atoms with Gasteiger partial charge in [0.05, 0.1) is 23.9 Å². The Morgan fingerprint density at radius 3 is 2.79 bits per heavy atom. The number of pyridine rings is 1. The fourth-order valence-corrected chi connectivity index (χ4v) is 5.08. The van der Waals surface area contributed by atoms with Gasteiger partial charge in [0.2, 0.25) is 0 Å². The molecule has 0 saturated carbocycles. The molecule has 0 unspecified atom stereocenters. The molecule has 172 valence electrons. The van der Waals surface area contributed by atoms with Crippen molar-refractivity contribution in [3.8, 4) is 22.6 Å². The highest BCUT2D eigenvalue weighted by atomic mass is 79.9. The predicted octanol–water partition coefficient (Wildman–Crippen LogP) is 4.54. The molecule has 0 radical (unpaired) electrons. The van der Waals surface area contributed by atoms with Crippen molar-refractivity contribution in [2.45, 2.75) is 32.0 Å². The van der Waals surface area contributed by atoms with Gasteiger partial charge in [-0.15, -0.1) is 0 Å². The summed E-state index contributed by atoms with van der Waals surface area (Å²) in [6, 6.07) is 9.75. The number of fused-ring (bicyclic) bond motifs is 1. The number of ether oxygens (including phenoxy) is 3. The molecule has 0 bridgehead atoms. The second-order valence-electron chi connectivity index (χ2n) is 8.29. The molecule has 5 rings (SSSR count). The van der Waals surface area contributed by atoms with Crippen LogP contribution in [0.1, 0.15) is 28.9 Å². The third-order valence-corrected chi connectivity index (χ3v) is 6.98. The molecular weight excluding hydrogens is 486 g/mol. The minimum absolute atomic E-state index is 0.00562. The Morgan fingerprint density at radius 2 is 2.03 bits per heavy atom. The monoisotopic (exact) mass is 511 g/mol. The van der Waals surface area contributed by atoms with E-state index in [9.17, 15) is 4.79 Å². The van der Waals surface area contributed by atoms with Crippen molar-refractivity contribution in [2.24, 2.45) is 0 Å². The van der Waals surface area contributed by atoms with Crippen LogP contribution in [0.15, 0.2) is 53.4 Å². The highest BCUT2D eigenvalue weighted by molar-refractivity contribution is 9.10. The number of nitrogens with zero attached hydrogens (tertiary/aromatic N) is 3. The summed E-state index contributed by atoms with van der Waals surface area (Å²) in [6.07, 6.45) is 7.70. The van der Waals surface area contributed by atoms with E-state index in [-0.39, 0.29) is 12.0 Å². The molecule has 1 fully saturated rings. The highest BCUT2D eigenvalue weighted by Crippen LogP contribution is 2.39. The van der Waals surface area contributed by atoms with Gasteiger partial charge in [-0.3, -0.25) is 9.78 Å². The van der Waals surface area contributed by atoms with Crippen LogP contribution in [-0.2, 0) is 17.8 Å². The number of carbonyl (C=O) groups is 1. The number of amides is 1. The lowest BCUT2D eigenvalue weighted by molar-refractivity contribution is 0.0680. The number of halogens is 1. The van der Waals surface area contributed by atoms with Crippen LogP contribution >= 0.6 is 15.9 Å². The molecule has 0 spiro atoms. The summed E-state index contributed by atoms with van der Waals surface area (Å²) in [5.74, 6) is 1.50. The van der Waals surface area contributed by atoms with Crippen LogP contribution in [0.4, 0.5) is 0 Å². The Bertz CT molecular complexity index is 1140. The summed E-state index contributed by atoms with van der Waals surface area (Å²) in [5, 5.41) is 0. The van der Waals surface area contributed by atoms with Gasteiger partial charge >= 0.3 is 0 Å². The molecule has 1 atom stereocenters. The second-order valence-corrected chi connectivity index (χ2v) is 9.08. The number of rotatable bonds is 7. The van der Waals surface area contributed by atoms with Crippen molar-refractivity contribution in [1.82, 2.24) is 14.5 Å². The standard InChI is InChI=1S/C25H26BrN3O4/c1-31-18-6-4-17(5-7-18)14-29-11-10-28-15-21(23(26)24(28)25(29)30)20-8-9-27-13-22(20)33-16-19-3-2-12-32-19/h4-9,13,15,19H,2-3,10-12,14,16H2,1H3/t19-/m1/s1. The SMILES string of the molecule is COc1ccc(CN2CCn3cc(-c4ccncc4OC[C@H]4CCCO4)c(Br)c3C2=O)cc1. The Labute approximate surface area is 201 Å². The maximum absolute atomic E-state index is 13.4.